The minimum absolute atomic E-state index is 0. The average Bonchev–Trinajstić information content (AvgIpc) is 2.85. The van der Waals surface area contributed by atoms with Gasteiger partial charge in [-0.2, -0.15) is 0 Å². The van der Waals surface area contributed by atoms with Crippen LogP contribution in [0.2, 0.25) is 0 Å². The SMILES string of the molecule is CNCC(C)C(=O)NC(C)c1ccc2c(c1)OCO2.Cl. The van der Waals surface area contributed by atoms with Crippen molar-refractivity contribution in [3.8, 4) is 11.5 Å². The van der Waals surface area contributed by atoms with E-state index in [2.05, 4.69) is 10.6 Å². The number of hydrogen-bond donors (Lipinski definition) is 2. The zero-order valence-corrected chi connectivity index (χ0v) is 12.8. The summed E-state index contributed by atoms with van der Waals surface area (Å²) in [7, 11) is 1.84. The molecule has 0 bridgehead atoms. The Balaban J connectivity index is 0.00000200. The Morgan fingerprint density at radius 3 is 2.70 bits per heavy atom. The minimum Gasteiger partial charge on any atom is -0.454 e. The Kier molecular flexibility index (Phi) is 6.10. The molecule has 1 amide bonds. The molecular weight excluding hydrogens is 280 g/mol. The second-order valence-corrected chi connectivity index (χ2v) is 4.80. The maximum Gasteiger partial charge on any atom is 0.231 e. The van der Waals surface area contributed by atoms with Gasteiger partial charge in [0, 0.05) is 12.5 Å². The molecule has 1 heterocycles. The summed E-state index contributed by atoms with van der Waals surface area (Å²) in [6.45, 7) is 4.79. The first-order chi connectivity index (χ1) is 9.11. The van der Waals surface area contributed by atoms with Gasteiger partial charge in [0.15, 0.2) is 11.5 Å². The van der Waals surface area contributed by atoms with Gasteiger partial charge in [0.05, 0.1) is 6.04 Å². The Bertz CT molecular complexity index is 468. The van der Waals surface area contributed by atoms with Crippen LogP contribution < -0.4 is 20.1 Å². The minimum atomic E-state index is -0.0543. The van der Waals surface area contributed by atoms with E-state index in [1.165, 1.54) is 0 Å². The molecule has 6 heteroatoms. The van der Waals surface area contributed by atoms with E-state index in [0.29, 0.717) is 6.54 Å². The number of ether oxygens (including phenoxy) is 2. The van der Waals surface area contributed by atoms with Crippen LogP contribution in [0, 0.1) is 5.92 Å². The van der Waals surface area contributed by atoms with Crippen molar-refractivity contribution in [1.29, 1.82) is 0 Å². The average molecular weight is 301 g/mol. The van der Waals surface area contributed by atoms with Gasteiger partial charge >= 0.3 is 0 Å². The van der Waals surface area contributed by atoms with Crippen molar-refractivity contribution in [1.82, 2.24) is 10.6 Å². The first-order valence-electron chi connectivity index (χ1n) is 6.46. The lowest BCUT2D eigenvalue weighted by Gasteiger charge is -2.18. The molecule has 0 spiro atoms. The molecule has 1 aromatic carbocycles. The number of nitrogens with one attached hydrogen (secondary N) is 2. The van der Waals surface area contributed by atoms with E-state index in [-0.39, 0.29) is 37.1 Å². The van der Waals surface area contributed by atoms with Crippen molar-refractivity contribution < 1.29 is 14.3 Å². The summed E-state index contributed by atoms with van der Waals surface area (Å²) in [6.07, 6.45) is 0. The zero-order chi connectivity index (χ0) is 13.8. The highest BCUT2D eigenvalue weighted by Gasteiger charge is 2.18. The molecule has 0 radical (unpaired) electrons. The lowest BCUT2D eigenvalue weighted by Crippen LogP contribution is -2.35. The Labute approximate surface area is 125 Å². The number of halogens is 1. The number of amides is 1. The Morgan fingerprint density at radius 1 is 1.30 bits per heavy atom. The predicted molar refractivity (Wildman–Crippen MR) is 79.5 cm³/mol. The van der Waals surface area contributed by atoms with E-state index in [0.717, 1.165) is 17.1 Å². The van der Waals surface area contributed by atoms with Crippen molar-refractivity contribution >= 4 is 18.3 Å². The van der Waals surface area contributed by atoms with E-state index in [4.69, 9.17) is 9.47 Å². The molecule has 2 N–H and O–H groups in total. The van der Waals surface area contributed by atoms with Crippen LogP contribution >= 0.6 is 12.4 Å². The van der Waals surface area contributed by atoms with Crippen LogP contribution in [-0.4, -0.2) is 26.3 Å². The van der Waals surface area contributed by atoms with Crippen LogP contribution in [0.4, 0.5) is 0 Å². The summed E-state index contributed by atoms with van der Waals surface area (Å²) in [5, 5.41) is 5.99. The summed E-state index contributed by atoms with van der Waals surface area (Å²) >= 11 is 0. The normalized spacial score (nSPS) is 15.2. The van der Waals surface area contributed by atoms with Gasteiger partial charge in [-0.05, 0) is 31.7 Å². The number of fused-ring (bicyclic) bond motifs is 1. The van der Waals surface area contributed by atoms with Crippen LogP contribution in [0.5, 0.6) is 11.5 Å². The monoisotopic (exact) mass is 300 g/mol. The maximum absolute atomic E-state index is 11.9. The van der Waals surface area contributed by atoms with Gasteiger partial charge in [0.1, 0.15) is 0 Å². The van der Waals surface area contributed by atoms with E-state index >= 15 is 0 Å². The highest BCUT2D eigenvalue weighted by molar-refractivity contribution is 5.85. The van der Waals surface area contributed by atoms with E-state index in [1.54, 1.807) is 0 Å². The van der Waals surface area contributed by atoms with E-state index < -0.39 is 0 Å². The fourth-order valence-corrected chi connectivity index (χ4v) is 2.02. The van der Waals surface area contributed by atoms with Crippen LogP contribution in [0.15, 0.2) is 18.2 Å². The van der Waals surface area contributed by atoms with Crippen molar-refractivity contribution in [2.45, 2.75) is 19.9 Å². The molecule has 0 fully saturated rings. The molecule has 0 saturated carbocycles. The number of rotatable bonds is 5. The fraction of sp³-hybridized carbons (Fsp3) is 0.500. The topological polar surface area (TPSA) is 59.6 Å². The van der Waals surface area contributed by atoms with Crippen LogP contribution in [0.25, 0.3) is 0 Å². The van der Waals surface area contributed by atoms with Crippen molar-refractivity contribution in [2.75, 3.05) is 20.4 Å². The lowest BCUT2D eigenvalue weighted by molar-refractivity contribution is -0.125. The van der Waals surface area contributed by atoms with Gasteiger partial charge in [-0.1, -0.05) is 13.0 Å². The van der Waals surface area contributed by atoms with Gasteiger partial charge in [-0.15, -0.1) is 12.4 Å². The quantitative estimate of drug-likeness (QED) is 0.871. The highest BCUT2D eigenvalue weighted by Crippen LogP contribution is 2.34. The molecule has 112 valence electrons. The number of carbonyl (C=O) groups excluding carboxylic acids is 1. The summed E-state index contributed by atoms with van der Waals surface area (Å²) in [5.74, 6) is 1.48. The number of hydrogen-bond acceptors (Lipinski definition) is 4. The molecular formula is C14H21ClN2O3. The molecule has 2 unspecified atom stereocenters. The van der Waals surface area contributed by atoms with Crippen molar-refractivity contribution in [3.05, 3.63) is 23.8 Å². The largest absolute Gasteiger partial charge is 0.454 e. The molecule has 5 nitrogen and oxygen atoms in total. The molecule has 0 saturated heterocycles. The standard InChI is InChI=1S/C14H20N2O3.ClH/c1-9(7-15-3)14(17)16-10(2)11-4-5-12-13(6-11)19-8-18-12;/h4-6,9-10,15H,7-8H2,1-3H3,(H,16,17);1H. The van der Waals surface area contributed by atoms with Crippen molar-refractivity contribution in [2.24, 2.45) is 5.92 Å². The molecule has 0 aromatic heterocycles. The molecule has 1 aliphatic heterocycles. The van der Waals surface area contributed by atoms with E-state index in [9.17, 15) is 4.79 Å². The highest BCUT2D eigenvalue weighted by atomic mass is 35.5. The van der Waals surface area contributed by atoms with E-state index in [1.807, 2.05) is 39.1 Å². The summed E-state index contributed by atoms with van der Waals surface area (Å²) in [4.78, 5) is 11.9. The predicted octanol–water partition coefficient (Wildman–Crippen LogP) is 1.87. The smallest absolute Gasteiger partial charge is 0.231 e. The molecule has 1 aromatic rings. The number of carbonyl (C=O) groups is 1. The number of benzene rings is 1. The molecule has 20 heavy (non-hydrogen) atoms. The Hall–Kier alpha value is -1.46. The van der Waals surface area contributed by atoms with Crippen LogP contribution in [0.3, 0.4) is 0 Å². The summed E-state index contributed by atoms with van der Waals surface area (Å²) in [5.41, 5.74) is 1.01. The third-order valence-corrected chi connectivity index (χ3v) is 3.21. The molecule has 2 rings (SSSR count). The first-order valence-corrected chi connectivity index (χ1v) is 6.46. The fourth-order valence-electron chi connectivity index (χ4n) is 2.02. The Morgan fingerprint density at radius 2 is 2.00 bits per heavy atom. The maximum atomic E-state index is 11.9. The third-order valence-electron chi connectivity index (χ3n) is 3.21. The van der Waals surface area contributed by atoms with Gasteiger partial charge in [-0.3, -0.25) is 4.79 Å². The molecule has 2 atom stereocenters. The summed E-state index contributed by atoms with van der Waals surface area (Å²) < 4.78 is 10.6. The van der Waals surface area contributed by atoms with Gasteiger partial charge < -0.3 is 20.1 Å². The second-order valence-electron chi connectivity index (χ2n) is 4.80. The summed E-state index contributed by atoms with van der Waals surface area (Å²) in [6, 6.07) is 5.68. The zero-order valence-electron chi connectivity index (χ0n) is 11.9. The van der Waals surface area contributed by atoms with Gasteiger partial charge in [-0.25, -0.2) is 0 Å². The van der Waals surface area contributed by atoms with Crippen molar-refractivity contribution in [3.63, 3.8) is 0 Å². The second kappa shape index (κ2) is 7.36. The first kappa shape index (κ1) is 16.6. The van der Waals surface area contributed by atoms with Crippen LogP contribution in [-0.2, 0) is 4.79 Å². The molecule has 0 aliphatic carbocycles. The third kappa shape index (κ3) is 3.77. The molecule has 1 aliphatic rings. The van der Waals surface area contributed by atoms with Gasteiger partial charge in [0.2, 0.25) is 12.7 Å². The lowest BCUT2D eigenvalue weighted by atomic mass is 10.1. The van der Waals surface area contributed by atoms with Crippen LogP contribution in [0.1, 0.15) is 25.5 Å². The van der Waals surface area contributed by atoms with Gasteiger partial charge in [0.25, 0.3) is 0 Å².